The Bertz CT molecular complexity index is 726. The first kappa shape index (κ1) is 17.6. The minimum atomic E-state index is -0.537. The Morgan fingerprint density at radius 1 is 1.32 bits per heavy atom. The van der Waals surface area contributed by atoms with E-state index in [-0.39, 0.29) is 5.56 Å². The van der Waals surface area contributed by atoms with E-state index in [0.717, 1.165) is 12.8 Å². The Balaban J connectivity index is 1.77. The maximum absolute atomic E-state index is 13.7. The number of nitrogens with zero attached hydrogens (tertiary/aromatic N) is 2. The van der Waals surface area contributed by atoms with E-state index in [2.05, 4.69) is 29.7 Å². The van der Waals surface area contributed by atoms with Gasteiger partial charge >= 0.3 is 0 Å². The number of aromatic nitrogens is 2. The molecule has 1 aliphatic rings. The van der Waals surface area contributed by atoms with Gasteiger partial charge in [0, 0.05) is 29.8 Å². The second kappa shape index (κ2) is 7.81. The average molecular weight is 344 g/mol. The first-order chi connectivity index (χ1) is 12.1. The van der Waals surface area contributed by atoms with Crippen LogP contribution in [-0.2, 0) is 0 Å². The molecule has 0 saturated heterocycles. The minimum absolute atomic E-state index is 0.00193. The second-order valence-electron chi connectivity index (χ2n) is 7.03. The Morgan fingerprint density at radius 2 is 2.12 bits per heavy atom. The van der Waals surface area contributed by atoms with Crippen molar-refractivity contribution in [2.45, 2.75) is 51.5 Å². The molecule has 0 bridgehead atoms. The first-order valence-corrected chi connectivity index (χ1v) is 9.01. The van der Waals surface area contributed by atoms with Crippen LogP contribution in [0.4, 0.5) is 4.39 Å². The molecule has 1 fully saturated rings. The van der Waals surface area contributed by atoms with Crippen LogP contribution in [0.2, 0.25) is 0 Å². The largest absolute Gasteiger partial charge is 0.492 e. The monoisotopic (exact) mass is 344 g/mol. The van der Waals surface area contributed by atoms with Crippen molar-refractivity contribution in [3.05, 3.63) is 47.5 Å². The van der Waals surface area contributed by atoms with Crippen molar-refractivity contribution in [3.63, 3.8) is 0 Å². The number of rotatable bonds is 6. The summed E-state index contributed by atoms with van der Waals surface area (Å²) < 4.78 is 21.7. The molecule has 5 heteroatoms. The third kappa shape index (κ3) is 3.75. The molecule has 0 N–H and O–H groups in total. The van der Waals surface area contributed by atoms with Gasteiger partial charge in [-0.15, -0.1) is 0 Å². The van der Waals surface area contributed by atoms with Gasteiger partial charge in [-0.25, -0.2) is 4.39 Å². The maximum Gasteiger partial charge on any atom is 0.156 e. The van der Waals surface area contributed by atoms with Crippen molar-refractivity contribution in [1.82, 2.24) is 9.78 Å². The molecule has 0 radical (unpaired) electrons. The highest BCUT2D eigenvalue weighted by molar-refractivity contribution is 5.79. The maximum atomic E-state index is 13.7. The first-order valence-electron chi connectivity index (χ1n) is 9.01. The Kier molecular flexibility index (Phi) is 5.51. The van der Waals surface area contributed by atoms with Gasteiger partial charge in [-0.05, 0) is 44.9 Å². The average Bonchev–Trinajstić information content (AvgIpc) is 3.10. The summed E-state index contributed by atoms with van der Waals surface area (Å²) in [5.74, 6) is 0.514. The number of halogens is 1. The fourth-order valence-corrected chi connectivity index (χ4v) is 3.80. The summed E-state index contributed by atoms with van der Waals surface area (Å²) in [4.78, 5) is 11.1. The van der Waals surface area contributed by atoms with E-state index in [9.17, 15) is 9.18 Å². The van der Waals surface area contributed by atoms with Crippen LogP contribution in [0.1, 0.15) is 67.5 Å². The van der Waals surface area contributed by atoms with Gasteiger partial charge < -0.3 is 4.74 Å². The third-order valence-electron chi connectivity index (χ3n) is 5.06. The number of carbonyl (C=O) groups excluding carboxylic acids is 1. The lowest BCUT2D eigenvalue weighted by Gasteiger charge is -2.32. The molecule has 2 atom stereocenters. The lowest BCUT2D eigenvalue weighted by molar-refractivity contribution is 0.111. The van der Waals surface area contributed by atoms with Crippen LogP contribution in [-0.4, -0.2) is 22.7 Å². The van der Waals surface area contributed by atoms with Gasteiger partial charge in [-0.3, -0.25) is 9.48 Å². The Hall–Kier alpha value is -2.17. The zero-order valence-corrected chi connectivity index (χ0v) is 14.8. The SMILES string of the molecule is CC(C)n1nccc1C1CCCCC1COc1cccc(F)c1C=O. The second-order valence-corrected chi connectivity index (χ2v) is 7.03. The normalized spacial score (nSPS) is 20.6. The molecule has 1 aliphatic carbocycles. The Labute approximate surface area is 148 Å². The van der Waals surface area contributed by atoms with E-state index in [1.165, 1.54) is 24.6 Å². The molecule has 1 heterocycles. The molecule has 0 amide bonds. The lowest BCUT2D eigenvalue weighted by atomic mass is 9.77. The van der Waals surface area contributed by atoms with E-state index >= 15 is 0 Å². The quantitative estimate of drug-likeness (QED) is 0.709. The number of ether oxygens (including phenoxy) is 1. The van der Waals surface area contributed by atoms with E-state index in [0.29, 0.717) is 36.5 Å². The molecule has 1 saturated carbocycles. The van der Waals surface area contributed by atoms with Crippen LogP contribution in [0.15, 0.2) is 30.5 Å². The van der Waals surface area contributed by atoms with E-state index in [4.69, 9.17) is 4.74 Å². The van der Waals surface area contributed by atoms with Gasteiger partial charge in [0.1, 0.15) is 11.6 Å². The molecule has 2 aromatic rings. The third-order valence-corrected chi connectivity index (χ3v) is 5.06. The molecule has 4 nitrogen and oxygen atoms in total. The highest BCUT2D eigenvalue weighted by atomic mass is 19.1. The number of hydrogen-bond acceptors (Lipinski definition) is 3. The van der Waals surface area contributed by atoms with Gasteiger partial charge in [-0.1, -0.05) is 18.9 Å². The number of benzene rings is 1. The number of carbonyl (C=O) groups is 1. The van der Waals surface area contributed by atoms with Crippen molar-refractivity contribution in [1.29, 1.82) is 0 Å². The predicted octanol–water partition coefficient (Wildman–Crippen LogP) is 4.77. The van der Waals surface area contributed by atoms with Gasteiger partial charge in [0.15, 0.2) is 6.29 Å². The predicted molar refractivity (Wildman–Crippen MR) is 94.6 cm³/mol. The van der Waals surface area contributed by atoms with Crippen molar-refractivity contribution < 1.29 is 13.9 Å². The van der Waals surface area contributed by atoms with Crippen LogP contribution in [0.25, 0.3) is 0 Å². The molecule has 25 heavy (non-hydrogen) atoms. The minimum Gasteiger partial charge on any atom is -0.492 e. The fraction of sp³-hybridized carbons (Fsp3) is 0.500. The highest BCUT2D eigenvalue weighted by Gasteiger charge is 2.30. The lowest BCUT2D eigenvalue weighted by Crippen LogP contribution is -2.26. The molecule has 3 rings (SSSR count). The van der Waals surface area contributed by atoms with Crippen LogP contribution in [0.3, 0.4) is 0 Å². The summed E-state index contributed by atoms with van der Waals surface area (Å²) >= 11 is 0. The fourth-order valence-electron chi connectivity index (χ4n) is 3.80. The zero-order chi connectivity index (χ0) is 17.8. The van der Waals surface area contributed by atoms with Gasteiger partial charge in [0.05, 0.1) is 12.2 Å². The summed E-state index contributed by atoms with van der Waals surface area (Å²) in [6.07, 6.45) is 6.93. The van der Waals surface area contributed by atoms with Crippen molar-refractivity contribution >= 4 is 6.29 Å². The molecule has 0 aliphatic heterocycles. The summed E-state index contributed by atoms with van der Waals surface area (Å²) in [5, 5.41) is 4.46. The van der Waals surface area contributed by atoms with Crippen LogP contribution < -0.4 is 4.74 Å². The van der Waals surface area contributed by atoms with Crippen LogP contribution >= 0.6 is 0 Å². The van der Waals surface area contributed by atoms with Gasteiger partial charge in [-0.2, -0.15) is 5.10 Å². The summed E-state index contributed by atoms with van der Waals surface area (Å²) in [5.41, 5.74) is 1.25. The number of hydrogen-bond donors (Lipinski definition) is 0. The Morgan fingerprint density at radius 3 is 2.88 bits per heavy atom. The van der Waals surface area contributed by atoms with Crippen molar-refractivity contribution in [3.8, 4) is 5.75 Å². The molecule has 134 valence electrons. The van der Waals surface area contributed by atoms with Crippen LogP contribution in [0, 0.1) is 11.7 Å². The van der Waals surface area contributed by atoms with E-state index in [1.54, 1.807) is 12.1 Å². The standard InChI is InChI=1S/C20H25FN2O2/c1-14(2)23-19(10-11-22-23)16-7-4-3-6-15(16)13-25-20-9-5-8-18(21)17(20)12-24/h5,8-12,14-16H,3-4,6-7,13H2,1-2H3. The molecule has 1 aromatic heterocycles. The van der Waals surface area contributed by atoms with Crippen LogP contribution in [0.5, 0.6) is 5.75 Å². The smallest absolute Gasteiger partial charge is 0.156 e. The summed E-state index contributed by atoms with van der Waals surface area (Å²) in [6, 6.07) is 6.93. The topological polar surface area (TPSA) is 44.1 Å². The van der Waals surface area contributed by atoms with Gasteiger partial charge in [0.25, 0.3) is 0 Å². The molecule has 0 spiro atoms. The molecular weight excluding hydrogens is 319 g/mol. The molecular formula is C20H25FN2O2. The van der Waals surface area contributed by atoms with Crippen molar-refractivity contribution in [2.75, 3.05) is 6.61 Å². The van der Waals surface area contributed by atoms with Crippen molar-refractivity contribution in [2.24, 2.45) is 5.92 Å². The molecule has 2 unspecified atom stereocenters. The molecule has 1 aromatic carbocycles. The summed E-state index contributed by atoms with van der Waals surface area (Å²) in [6.45, 7) is 4.75. The summed E-state index contributed by atoms with van der Waals surface area (Å²) in [7, 11) is 0. The highest BCUT2D eigenvalue weighted by Crippen LogP contribution is 2.39. The van der Waals surface area contributed by atoms with E-state index < -0.39 is 5.82 Å². The zero-order valence-electron chi connectivity index (χ0n) is 14.8. The van der Waals surface area contributed by atoms with E-state index in [1.807, 2.05) is 6.20 Å². The number of aldehydes is 1. The van der Waals surface area contributed by atoms with Gasteiger partial charge in [0.2, 0.25) is 0 Å².